The molecule has 0 atom stereocenters. The van der Waals surface area contributed by atoms with Gasteiger partial charge in [0.1, 0.15) is 5.82 Å². The summed E-state index contributed by atoms with van der Waals surface area (Å²) in [7, 11) is 0. The molecule has 0 radical (unpaired) electrons. The number of aromatic carboxylic acids is 1. The summed E-state index contributed by atoms with van der Waals surface area (Å²) in [6.45, 7) is 1.81. The van der Waals surface area contributed by atoms with Crippen molar-refractivity contribution < 1.29 is 14.3 Å². The highest BCUT2D eigenvalue weighted by Crippen LogP contribution is 2.33. The van der Waals surface area contributed by atoms with E-state index in [0.29, 0.717) is 5.56 Å². The van der Waals surface area contributed by atoms with E-state index in [1.54, 1.807) is 12.1 Å². The molecule has 19 heavy (non-hydrogen) atoms. The minimum Gasteiger partial charge on any atom is -0.478 e. The van der Waals surface area contributed by atoms with Crippen molar-refractivity contribution in [2.24, 2.45) is 0 Å². The second-order valence-electron chi connectivity index (χ2n) is 4.86. The predicted molar refractivity (Wildman–Crippen MR) is 69.4 cm³/mol. The number of carbonyl (C=O) groups is 1. The minimum absolute atomic E-state index is 0.288. The summed E-state index contributed by atoms with van der Waals surface area (Å²) < 4.78 is 15.0. The highest BCUT2D eigenvalue weighted by Gasteiger charge is 2.28. The van der Waals surface area contributed by atoms with Crippen LogP contribution in [-0.4, -0.2) is 15.6 Å². The zero-order valence-corrected chi connectivity index (χ0v) is 10.6. The van der Waals surface area contributed by atoms with Gasteiger partial charge in [0.05, 0.1) is 5.56 Å². The summed E-state index contributed by atoms with van der Waals surface area (Å²) in [6, 6.07) is 6.17. The van der Waals surface area contributed by atoms with Crippen LogP contribution in [0.3, 0.4) is 0 Å². The maximum absolute atomic E-state index is 13.0. The molecule has 0 unspecified atom stereocenters. The predicted octanol–water partition coefficient (Wildman–Crippen LogP) is 3.11. The van der Waals surface area contributed by atoms with Gasteiger partial charge in [-0.1, -0.05) is 0 Å². The molecule has 1 N–H and O–H groups in total. The number of rotatable bonds is 2. The van der Waals surface area contributed by atoms with Gasteiger partial charge in [0.25, 0.3) is 0 Å². The number of carboxylic acid groups (broad SMARTS) is 1. The van der Waals surface area contributed by atoms with Crippen LogP contribution in [0.1, 0.15) is 33.7 Å². The Morgan fingerprint density at radius 3 is 2.58 bits per heavy atom. The van der Waals surface area contributed by atoms with Crippen LogP contribution in [0.4, 0.5) is 4.39 Å². The Balaban J connectivity index is 2.24. The Hall–Kier alpha value is -2.10. The van der Waals surface area contributed by atoms with E-state index in [4.69, 9.17) is 0 Å². The zero-order chi connectivity index (χ0) is 13.6. The lowest BCUT2D eigenvalue weighted by molar-refractivity contribution is 0.0695. The number of aromatic nitrogens is 1. The number of benzene rings is 1. The Labute approximate surface area is 110 Å². The first-order valence-corrected chi connectivity index (χ1v) is 6.32. The molecular formula is C15H14FNO2. The molecule has 1 aromatic carbocycles. The van der Waals surface area contributed by atoms with Gasteiger partial charge in [0.15, 0.2) is 0 Å². The van der Waals surface area contributed by atoms with Gasteiger partial charge in [-0.2, -0.15) is 0 Å². The molecule has 0 saturated heterocycles. The molecule has 3 nitrogen and oxygen atoms in total. The first kappa shape index (κ1) is 12.0. The number of hydrogen-bond acceptors (Lipinski definition) is 1. The maximum Gasteiger partial charge on any atom is 0.337 e. The van der Waals surface area contributed by atoms with Crippen LogP contribution in [0.25, 0.3) is 5.69 Å². The highest BCUT2D eigenvalue weighted by atomic mass is 19.1. The summed E-state index contributed by atoms with van der Waals surface area (Å²) in [5.74, 6) is -1.17. The van der Waals surface area contributed by atoms with E-state index in [-0.39, 0.29) is 5.82 Å². The average molecular weight is 259 g/mol. The molecule has 0 spiro atoms. The lowest BCUT2D eigenvalue weighted by atomic mass is 10.1. The van der Waals surface area contributed by atoms with Crippen LogP contribution >= 0.6 is 0 Å². The van der Waals surface area contributed by atoms with Crippen molar-refractivity contribution in [1.29, 1.82) is 0 Å². The molecule has 0 amide bonds. The summed E-state index contributed by atoms with van der Waals surface area (Å²) in [5, 5.41) is 9.36. The summed E-state index contributed by atoms with van der Waals surface area (Å²) in [5.41, 5.74) is 3.96. The molecule has 1 aromatic heterocycles. The van der Waals surface area contributed by atoms with E-state index in [0.717, 1.165) is 41.9 Å². The fourth-order valence-electron chi connectivity index (χ4n) is 3.00. The van der Waals surface area contributed by atoms with Gasteiger partial charge in [0.2, 0.25) is 0 Å². The van der Waals surface area contributed by atoms with Crippen molar-refractivity contribution in [3.63, 3.8) is 0 Å². The molecule has 0 aliphatic heterocycles. The minimum atomic E-state index is -0.878. The van der Waals surface area contributed by atoms with Crippen molar-refractivity contribution >= 4 is 5.97 Å². The van der Waals surface area contributed by atoms with Crippen molar-refractivity contribution in [1.82, 2.24) is 4.57 Å². The largest absolute Gasteiger partial charge is 0.478 e. The quantitative estimate of drug-likeness (QED) is 0.900. The topological polar surface area (TPSA) is 42.2 Å². The fourth-order valence-corrected chi connectivity index (χ4v) is 3.00. The Bertz CT molecular complexity index is 656. The lowest BCUT2D eigenvalue weighted by Gasteiger charge is -2.10. The van der Waals surface area contributed by atoms with Crippen molar-refractivity contribution in [2.75, 3.05) is 0 Å². The average Bonchev–Trinajstić information content (AvgIpc) is 2.89. The molecule has 4 heteroatoms. The van der Waals surface area contributed by atoms with Crippen LogP contribution < -0.4 is 0 Å². The Kier molecular flexibility index (Phi) is 2.66. The summed E-state index contributed by atoms with van der Waals surface area (Å²) in [6.07, 6.45) is 2.67. The number of carboxylic acids is 1. The van der Waals surface area contributed by atoms with Crippen LogP contribution in [0, 0.1) is 12.7 Å². The zero-order valence-electron chi connectivity index (χ0n) is 10.6. The molecule has 0 bridgehead atoms. The van der Waals surface area contributed by atoms with Crippen LogP contribution in [0.2, 0.25) is 0 Å². The van der Waals surface area contributed by atoms with Gasteiger partial charge in [0, 0.05) is 17.1 Å². The van der Waals surface area contributed by atoms with Crippen molar-refractivity contribution in [2.45, 2.75) is 26.2 Å². The molecule has 1 aliphatic rings. The van der Waals surface area contributed by atoms with Crippen LogP contribution in [0.5, 0.6) is 0 Å². The second-order valence-corrected chi connectivity index (χ2v) is 4.86. The van der Waals surface area contributed by atoms with Gasteiger partial charge < -0.3 is 9.67 Å². The second kappa shape index (κ2) is 4.23. The van der Waals surface area contributed by atoms with E-state index in [9.17, 15) is 14.3 Å². The lowest BCUT2D eigenvalue weighted by Crippen LogP contribution is -2.04. The third-order valence-corrected chi connectivity index (χ3v) is 3.76. The molecule has 3 rings (SSSR count). The van der Waals surface area contributed by atoms with Gasteiger partial charge in [-0.15, -0.1) is 0 Å². The number of fused-ring (bicyclic) bond motifs is 1. The normalized spacial score (nSPS) is 13.6. The van der Waals surface area contributed by atoms with Crippen molar-refractivity contribution in [3.8, 4) is 5.69 Å². The van der Waals surface area contributed by atoms with E-state index in [1.165, 1.54) is 12.1 Å². The standard InChI is InChI=1S/C15H14FNO2/c1-9-14(15(18)19)12-3-2-4-13(12)17(9)11-7-5-10(16)6-8-11/h5-8H,2-4H2,1H3,(H,18,19). The number of hydrogen-bond donors (Lipinski definition) is 1. The van der Waals surface area contributed by atoms with Gasteiger partial charge >= 0.3 is 5.97 Å². The fraction of sp³-hybridized carbons (Fsp3) is 0.267. The van der Waals surface area contributed by atoms with Gasteiger partial charge in [-0.05, 0) is 56.0 Å². The van der Waals surface area contributed by atoms with E-state index < -0.39 is 5.97 Å². The Morgan fingerprint density at radius 2 is 1.95 bits per heavy atom. The van der Waals surface area contributed by atoms with Gasteiger partial charge in [-0.25, -0.2) is 9.18 Å². The molecule has 98 valence electrons. The monoisotopic (exact) mass is 259 g/mol. The molecular weight excluding hydrogens is 245 g/mol. The number of nitrogens with zero attached hydrogens (tertiary/aromatic N) is 1. The molecule has 1 aliphatic carbocycles. The molecule has 0 saturated carbocycles. The van der Waals surface area contributed by atoms with Crippen molar-refractivity contribution in [3.05, 3.63) is 52.6 Å². The van der Waals surface area contributed by atoms with E-state index in [1.807, 2.05) is 11.5 Å². The smallest absolute Gasteiger partial charge is 0.337 e. The third kappa shape index (κ3) is 1.75. The van der Waals surface area contributed by atoms with Gasteiger partial charge in [-0.3, -0.25) is 0 Å². The summed E-state index contributed by atoms with van der Waals surface area (Å²) in [4.78, 5) is 11.4. The van der Waals surface area contributed by atoms with E-state index >= 15 is 0 Å². The summed E-state index contributed by atoms with van der Waals surface area (Å²) >= 11 is 0. The third-order valence-electron chi connectivity index (χ3n) is 3.76. The molecule has 1 heterocycles. The Morgan fingerprint density at radius 1 is 1.26 bits per heavy atom. The molecule has 2 aromatic rings. The molecule has 0 fully saturated rings. The SMILES string of the molecule is Cc1c(C(=O)O)c2c(n1-c1ccc(F)cc1)CCC2. The number of halogens is 1. The highest BCUT2D eigenvalue weighted by molar-refractivity contribution is 5.92. The van der Waals surface area contributed by atoms with Crippen LogP contribution in [0.15, 0.2) is 24.3 Å². The first-order chi connectivity index (χ1) is 9.09. The maximum atomic E-state index is 13.0. The van der Waals surface area contributed by atoms with Crippen LogP contribution in [-0.2, 0) is 12.8 Å². The van der Waals surface area contributed by atoms with E-state index in [2.05, 4.69) is 0 Å². The first-order valence-electron chi connectivity index (χ1n) is 6.32.